The second-order valence-electron chi connectivity index (χ2n) is 4.95. The molecule has 0 aromatic carbocycles. The molecule has 1 aromatic heterocycles. The third-order valence-electron chi connectivity index (χ3n) is 3.60. The number of carbonyl (C=O) groups excluding carboxylic acids is 3. The van der Waals surface area contributed by atoms with Crippen LogP contribution in [0.2, 0.25) is 0 Å². The number of aromatic nitrogens is 2. The first kappa shape index (κ1) is 12.5. The second-order valence-corrected chi connectivity index (χ2v) is 4.95. The predicted molar refractivity (Wildman–Crippen MR) is 66.6 cm³/mol. The quantitative estimate of drug-likeness (QED) is 0.659. The fourth-order valence-electron chi connectivity index (χ4n) is 2.64. The van der Waals surface area contributed by atoms with Crippen LogP contribution in [0.3, 0.4) is 0 Å². The van der Waals surface area contributed by atoms with E-state index in [1.807, 2.05) is 0 Å². The van der Waals surface area contributed by atoms with Gasteiger partial charge in [0.25, 0.3) is 11.8 Å². The zero-order valence-corrected chi connectivity index (χ0v) is 10.6. The third kappa shape index (κ3) is 1.98. The summed E-state index contributed by atoms with van der Waals surface area (Å²) in [7, 11) is 0. The SMILES string of the molecule is O=C1NC(=O)C2(CCCN(C(=O)c3cncnc3)C2)N1. The van der Waals surface area contributed by atoms with Crippen LogP contribution in [0.25, 0.3) is 0 Å². The summed E-state index contributed by atoms with van der Waals surface area (Å²) in [6.07, 6.45) is 5.39. The lowest BCUT2D eigenvalue weighted by molar-refractivity contribution is -0.125. The molecule has 4 amide bonds. The third-order valence-corrected chi connectivity index (χ3v) is 3.60. The molecule has 3 heterocycles. The molecule has 1 aromatic rings. The lowest BCUT2D eigenvalue weighted by Gasteiger charge is -2.37. The highest BCUT2D eigenvalue weighted by Gasteiger charge is 2.49. The lowest BCUT2D eigenvalue weighted by Crippen LogP contribution is -2.59. The summed E-state index contributed by atoms with van der Waals surface area (Å²) in [5.74, 6) is -0.608. The van der Waals surface area contributed by atoms with E-state index in [-0.39, 0.29) is 18.4 Å². The lowest BCUT2D eigenvalue weighted by atomic mass is 9.89. The monoisotopic (exact) mass is 275 g/mol. The first-order valence-corrected chi connectivity index (χ1v) is 6.29. The Morgan fingerprint density at radius 3 is 2.70 bits per heavy atom. The highest BCUT2D eigenvalue weighted by atomic mass is 16.2. The predicted octanol–water partition coefficient (Wildman–Crippen LogP) is -0.709. The van der Waals surface area contributed by atoms with Crippen molar-refractivity contribution >= 4 is 17.8 Å². The van der Waals surface area contributed by atoms with Crippen LogP contribution in [0.5, 0.6) is 0 Å². The molecule has 2 N–H and O–H groups in total. The molecule has 0 bridgehead atoms. The highest BCUT2D eigenvalue weighted by molar-refractivity contribution is 6.07. The maximum Gasteiger partial charge on any atom is 0.322 e. The second kappa shape index (κ2) is 4.55. The minimum Gasteiger partial charge on any atom is -0.336 e. The van der Waals surface area contributed by atoms with E-state index in [9.17, 15) is 14.4 Å². The molecule has 1 spiro atoms. The van der Waals surface area contributed by atoms with Crippen molar-refractivity contribution in [3.63, 3.8) is 0 Å². The average Bonchev–Trinajstić information content (AvgIpc) is 2.73. The van der Waals surface area contributed by atoms with E-state index in [1.165, 1.54) is 18.7 Å². The van der Waals surface area contributed by atoms with Gasteiger partial charge in [-0.2, -0.15) is 0 Å². The van der Waals surface area contributed by atoms with Crippen molar-refractivity contribution in [2.24, 2.45) is 0 Å². The molecule has 104 valence electrons. The standard InChI is InChI=1S/C12H13N5O3/c18-9(8-4-13-7-14-5-8)17-3-1-2-12(6-17)10(19)15-11(20)16-12/h4-5,7H,1-3,6H2,(H2,15,16,19,20). The molecule has 0 aliphatic carbocycles. The summed E-state index contributed by atoms with van der Waals surface area (Å²) in [5.41, 5.74) is -0.630. The fourth-order valence-corrected chi connectivity index (χ4v) is 2.64. The normalized spacial score (nSPS) is 25.5. The summed E-state index contributed by atoms with van der Waals surface area (Å²) >= 11 is 0. The van der Waals surface area contributed by atoms with Crippen molar-refractivity contribution < 1.29 is 14.4 Å². The van der Waals surface area contributed by atoms with E-state index in [0.717, 1.165) is 0 Å². The van der Waals surface area contributed by atoms with Gasteiger partial charge in [-0.25, -0.2) is 14.8 Å². The Labute approximate surface area is 114 Å². The van der Waals surface area contributed by atoms with Gasteiger partial charge < -0.3 is 10.2 Å². The Kier molecular flexibility index (Phi) is 2.85. The van der Waals surface area contributed by atoms with Gasteiger partial charge in [-0.3, -0.25) is 14.9 Å². The Morgan fingerprint density at radius 1 is 1.30 bits per heavy atom. The van der Waals surface area contributed by atoms with Crippen LogP contribution in [-0.4, -0.2) is 51.3 Å². The number of likely N-dealkylation sites (tertiary alicyclic amines) is 1. The number of rotatable bonds is 1. The summed E-state index contributed by atoms with van der Waals surface area (Å²) in [6.45, 7) is 0.705. The number of hydrogen-bond donors (Lipinski definition) is 2. The number of nitrogens with zero attached hydrogens (tertiary/aromatic N) is 3. The van der Waals surface area contributed by atoms with E-state index in [4.69, 9.17) is 0 Å². The van der Waals surface area contributed by atoms with Gasteiger partial charge in [0.15, 0.2) is 0 Å². The molecule has 2 aliphatic heterocycles. The number of amides is 4. The maximum absolute atomic E-state index is 12.3. The van der Waals surface area contributed by atoms with E-state index in [2.05, 4.69) is 20.6 Å². The van der Waals surface area contributed by atoms with E-state index in [1.54, 1.807) is 4.90 Å². The Bertz CT molecular complexity index is 576. The molecular formula is C12H13N5O3. The minimum atomic E-state index is -0.999. The minimum absolute atomic E-state index is 0.165. The van der Waals surface area contributed by atoms with Crippen LogP contribution in [0.4, 0.5) is 4.79 Å². The van der Waals surface area contributed by atoms with E-state index < -0.39 is 11.6 Å². The van der Waals surface area contributed by atoms with Crippen molar-refractivity contribution in [1.29, 1.82) is 0 Å². The van der Waals surface area contributed by atoms with Gasteiger partial charge in [0.1, 0.15) is 11.9 Å². The van der Waals surface area contributed by atoms with Crippen molar-refractivity contribution in [3.8, 4) is 0 Å². The van der Waals surface area contributed by atoms with Gasteiger partial charge in [-0.05, 0) is 12.8 Å². The van der Waals surface area contributed by atoms with Crippen LogP contribution in [-0.2, 0) is 4.79 Å². The number of piperidine rings is 1. The van der Waals surface area contributed by atoms with Gasteiger partial charge in [-0.1, -0.05) is 0 Å². The number of urea groups is 1. The van der Waals surface area contributed by atoms with Crippen molar-refractivity contribution in [2.75, 3.05) is 13.1 Å². The molecule has 1 unspecified atom stereocenters. The molecule has 1 atom stereocenters. The maximum atomic E-state index is 12.3. The molecule has 2 saturated heterocycles. The smallest absolute Gasteiger partial charge is 0.322 e. The van der Waals surface area contributed by atoms with Gasteiger partial charge in [0.2, 0.25) is 0 Å². The molecular weight excluding hydrogens is 262 g/mol. The molecule has 2 fully saturated rings. The Morgan fingerprint density at radius 2 is 2.05 bits per heavy atom. The number of nitrogens with one attached hydrogen (secondary N) is 2. The van der Waals surface area contributed by atoms with Crippen molar-refractivity contribution in [2.45, 2.75) is 18.4 Å². The van der Waals surface area contributed by atoms with Crippen LogP contribution >= 0.6 is 0 Å². The molecule has 0 saturated carbocycles. The number of hydrogen-bond acceptors (Lipinski definition) is 5. The highest BCUT2D eigenvalue weighted by Crippen LogP contribution is 2.25. The largest absolute Gasteiger partial charge is 0.336 e. The molecule has 8 heteroatoms. The van der Waals surface area contributed by atoms with Crippen LogP contribution in [0.1, 0.15) is 23.2 Å². The zero-order chi connectivity index (χ0) is 14.2. The van der Waals surface area contributed by atoms with E-state index >= 15 is 0 Å². The average molecular weight is 275 g/mol. The number of carbonyl (C=O) groups is 3. The summed E-state index contributed by atoms with van der Waals surface area (Å²) in [6, 6.07) is -0.507. The van der Waals surface area contributed by atoms with Gasteiger partial charge in [0, 0.05) is 18.9 Å². The van der Waals surface area contributed by atoms with Gasteiger partial charge in [0.05, 0.1) is 12.1 Å². The fraction of sp³-hybridized carbons (Fsp3) is 0.417. The van der Waals surface area contributed by atoms with Crippen LogP contribution in [0.15, 0.2) is 18.7 Å². The van der Waals surface area contributed by atoms with Gasteiger partial charge >= 0.3 is 6.03 Å². The van der Waals surface area contributed by atoms with E-state index in [0.29, 0.717) is 24.9 Å². The van der Waals surface area contributed by atoms with Crippen molar-refractivity contribution in [3.05, 3.63) is 24.3 Å². The Hall–Kier alpha value is -2.51. The molecule has 8 nitrogen and oxygen atoms in total. The molecule has 20 heavy (non-hydrogen) atoms. The Balaban J connectivity index is 1.81. The van der Waals surface area contributed by atoms with Crippen LogP contribution < -0.4 is 10.6 Å². The molecule has 0 radical (unpaired) electrons. The summed E-state index contributed by atoms with van der Waals surface area (Å²) in [5, 5.41) is 4.86. The van der Waals surface area contributed by atoms with Crippen LogP contribution in [0, 0.1) is 0 Å². The summed E-state index contributed by atoms with van der Waals surface area (Å²) < 4.78 is 0. The first-order valence-electron chi connectivity index (χ1n) is 6.29. The molecule has 2 aliphatic rings. The zero-order valence-electron chi connectivity index (χ0n) is 10.6. The van der Waals surface area contributed by atoms with Gasteiger partial charge in [-0.15, -0.1) is 0 Å². The number of imide groups is 1. The summed E-state index contributed by atoms with van der Waals surface area (Å²) in [4.78, 5) is 44.7. The van der Waals surface area contributed by atoms with Crippen molar-refractivity contribution in [1.82, 2.24) is 25.5 Å². The first-order chi connectivity index (χ1) is 9.61. The topological polar surface area (TPSA) is 104 Å². The molecule has 3 rings (SSSR count).